The Morgan fingerprint density at radius 1 is 1.40 bits per heavy atom. The Morgan fingerprint density at radius 3 is 2.73 bits per heavy atom. The third-order valence-corrected chi connectivity index (χ3v) is 3.03. The number of nitrogens with one attached hydrogen (secondary N) is 1. The number of carbonyl (C=O) groups is 1. The van der Waals surface area contributed by atoms with Crippen molar-refractivity contribution in [2.45, 2.75) is 33.1 Å². The molecule has 0 aromatic carbocycles. The van der Waals surface area contributed by atoms with Crippen LogP contribution in [0.5, 0.6) is 0 Å². The molecule has 3 nitrogen and oxygen atoms in total. The Hall–Kier alpha value is -0.220. The number of carbonyl (C=O) groups excluding carboxylic acids is 1. The van der Waals surface area contributed by atoms with Gasteiger partial charge < -0.3 is 10.4 Å². The lowest BCUT2D eigenvalue weighted by atomic mass is 10.1. The van der Waals surface area contributed by atoms with Crippen LogP contribution >= 0.6 is 11.8 Å². The molecule has 15 heavy (non-hydrogen) atoms. The minimum atomic E-state index is 0.159. The molecule has 0 saturated heterocycles. The summed E-state index contributed by atoms with van der Waals surface area (Å²) in [6, 6.07) is 0. The average molecular weight is 233 g/mol. The molecule has 0 heterocycles. The summed E-state index contributed by atoms with van der Waals surface area (Å²) in [5.41, 5.74) is 0. The van der Waals surface area contributed by atoms with Crippen LogP contribution in [0.1, 0.15) is 33.1 Å². The van der Waals surface area contributed by atoms with Crippen molar-refractivity contribution in [2.24, 2.45) is 5.92 Å². The quantitative estimate of drug-likeness (QED) is 0.595. The molecular weight excluding hydrogens is 210 g/mol. The molecule has 1 amide bonds. The van der Waals surface area contributed by atoms with Crippen LogP contribution in [0.2, 0.25) is 0 Å². The van der Waals surface area contributed by atoms with Gasteiger partial charge >= 0.3 is 0 Å². The summed E-state index contributed by atoms with van der Waals surface area (Å²) < 4.78 is 0. The maximum Gasteiger partial charge on any atom is 0.220 e. The predicted molar refractivity (Wildman–Crippen MR) is 66.1 cm³/mol. The van der Waals surface area contributed by atoms with Gasteiger partial charge in [-0.1, -0.05) is 13.8 Å². The first-order valence-corrected chi connectivity index (χ1v) is 6.77. The van der Waals surface area contributed by atoms with Gasteiger partial charge in [-0.2, -0.15) is 11.8 Å². The fourth-order valence-corrected chi connectivity index (χ4v) is 1.82. The molecule has 90 valence electrons. The molecule has 0 bridgehead atoms. The molecule has 0 rings (SSSR count). The molecule has 0 atom stereocenters. The number of aliphatic hydroxyl groups excluding tert-OH is 1. The molecule has 0 aliphatic heterocycles. The molecule has 0 aliphatic rings. The topological polar surface area (TPSA) is 49.3 Å². The van der Waals surface area contributed by atoms with Gasteiger partial charge in [0, 0.05) is 25.3 Å². The van der Waals surface area contributed by atoms with E-state index < -0.39 is 0 Å². The highest BCUT2D eigenvalue weighted by Gasteiger charge is 2.01. The van der Waals surface area contributed by atoms with Gasteiger partial charge in [0.15, 0.2) is 0 Å². The van der Waals surface area contributed by atoms with Crippen LogP contribution in [0, 0.1) is 5.92 Å². The second-order valence-electron chi connectivity index (χ2n) is 3.97. The first kappa shape index (κ1) is 14.8. The zero-order valence-electron chi connectivity index (χ0n) is 9.79. The van der Waals surface area contributed by atoms with Crippen LogP contribution in [0.4, 0.5) is 0 Å². The molecule has 0 fully saturated rings. The van der Waals surface area contributed by atoms with E-state index >= 15 is 0 Å². The molecule has 0 spiro atoms. The molecule has 4 heteroatoms. The van der Waals surface area contributed by atoms with Crippen LogP contribution < -0.4 is 5.32 Å². The summed E-state index contributed by atoms with van der Waals surface area (Å²) in [5, 5.41) is 11.4. The van der Waals surface area contributed by atoms with E-state index in [0.29, 0.717) is 12.3 Å². The predicted octanol–water partition coefficient (Wildman–Crippen LogP) is 1.65. The van der Waals surface area contributed by atoms with Crippen molar-refractivity contribution in [3.63, 3.8) is 0 Å². The monoisotopic (exact) mass is 233 g/mol. The normalized spacial score (nSPS) is 10.7. The standard InChI is InChI=1S/C11H23NO2S/c1-10(2)4-5-11(14)12-6-9-15-8-3-7-13/h10,13H,3-9H2,1-2H3,(H,12,14). The third kappa shape index (κ3) is 11.7. The lowest BCUT2D eigenvalue weighted by Gasteiger charge is -2.06. The van der Waals surface area contributed by atoms with Crippen LogP contribution in [0.3, 0.4) is 0 Å². The molecule has 0 unspecified atom stereocenters. The fourth-order valence-electron chi connectivity index (χ4n) is 1.04. The minimum Gasteiger partial charge on any atom is -0.396 e. The maximum absolute atomic E-state index is 11.3. The highest BCUT2D eigenvalue weighted by atomic mass is 32.2. The molecule has 0 aliphatic carbocycles. The van der Waals surface area contributed by atoms with Crippen molar-refractivity contribution in [1.82, 2.24) is 5.32 Å². The molecule has 0 aromatic heterocycles. The first-order chi connectivity index (χ1) is 7.16. The number of amides is 1. The minimum absolute atomic E-state index is 0.159. The van der Waals surface area contributed by atoms with Crippen molar-refractivity contribution >= 4 is 17.7 Å². The van der Waals surface area contributed by atoms with Crippen molar-refractivity contribution < 1.29 is 9.90 Å². The Balaban J connectivity index is 3.17. The van der Waals surface area contributed by atoms with E-state index in [1.165, 1.54) is 0 Å². The average Bonchev–Trinajstić information content (AvgIpc) is 2.20. The summed E-state index contributed by atoms with van der Waals surface area (Å²) >= 11 is 1.77. The van der Waals surface area contributed by atoms with E-state index in [4.69, 9.17) is 5.11 Å². The Bertz CT molecular complexity index is 163. The lowest BCUT2D eigenvalue weighted by molar-refractivity contribution is -0.121. The number of hydrogen-bond donors (Lipinski definition) is 2. The van der Waals surface area contributed by atoms with Crippen molar-refractivity contribution in [1.29, 1.82) is 0 Å². The number of rotatable bonds is 9. The molecule has 2 N–H and O–H groups in total. The zero-order chi connectivity index (χ0) is 11.5. The smallest absolute Gasteiger partial charge is 0.220 e. The SMILES string of the molecule is CC(C)CCC(=O)NCCSCCCO. The van der Waals surface area contributed by atoms with Gasteiger partial charge in [0.25, 0.3) is 0 Å². The Morgan fingerprint density at radius 2 is 2.13 bits per heavy atom. The van der Waals surface area contributed by atoms with Crippen LogP contribution in [-0.4, -0.2) is 35.7 Å². The second kappa shape index (κ2) is 10.3. The molecule has 0 radical (unpaired) electrons. The van der Waals surface area contributed by atoms with Crippen molar-refractivity contribution in [2.75, 3.05) is 24.7 Å². The number of thioether (sulfide) groups is 1. The zero-order valence-corrected chi connectivity index (χ0v) is 10.6. The van der Waals surface area contributed by atoms with Gasteiger partial charge in [-0.15, -0.1) is 0 Å². The van der Waals surface area contributed by atoms with E-state index in [2.05, 4.69) is 19.2 Å². The largest absolute Gasteiger partial charge is 0.396 e. The summed E-state index contributed by atoms with van der Waals surface area (Å²) in [4.78, 5) is 11.3. The van der Waals surface area contributed by atoms with Crippen molar-refractivity contribution in [3.8, 4) is 0 Å². The third-order valence-electron chi connectivity index (χ3n) is 1.96. The lowest BCUT2D eigenvalue weighted by Crippen LogP contribution is -2.25. The molecular formula is C11H23NO2S. The Labute approximate surface area is 97.0 Å². The first-order valence-electron chi connectivity index (χ1n) is 5.62. The Kier molecular flexibility index (Phi) is 10.2. The maximum atomic E-state index is 11.3. The molecule has 0 aromatic rings. The summed E-state index contributed by atoms with van der Waals surface area (Å²) in [6.07, 6.45) is 2.44. The van der Waals surface area contributed by atoms with E-state index in [1.54, 1.807) is 11.8 Å². The summed E-state index contributed by atoms with van der Waals surface area (Å²) in [7, 11) is 0. The van der Waals surface area contributed by atoms with Crippen LogP contribution in [0.15, 0.2) is 0 Å². The highest BCUT2D eigenvalue weighted by molar-refractivity contribution is 7.99. The van der Waals surface area contributed by atoms with Gasteiger partial charge in [-0.05, 0) is 24.5 Å². The van der Waals surface area contributed by atoms with Crippen LogP contribution in [0.25, 0.3) is 0 Å². The van der Waals surface area contributed by atoms with E-state index in [1.807, 2.05) is 0 Å². The van der Waals surface area contributed by atoms with E-state index in [9.17, 15) is 4.79 Å². The van der Waals surface area contributed by atoms with E-state index in [-0.39, 0.29) is 12.5 Å². The highest BCUT2D eigenvalue weighted by Crippen LogP contribution is 2.03. The molecule has 0 saturated carbocycles. The fraction of sp³-hybridized carbons (Fsp3) is 0.909. The van der Waals surface area contributed by atoms with Gasteiger partial charge in [0.2, 0.25) is 5.91 Å². The van der Waals surface area contributed by atoms with Crippen LogP contribution in [-0.2, 0) is 4.79 Å². The van der Waals surface area contributed by atoms with Gasteiger partial charge in [-0.3, -0.25) is 4.79 Å². The van der Waals surface area contributed by atoms with Gasteiger partial charge in [-0.25, -0.2) is 0 Å². The van der Waals surface area contributed by atoms with E-state index in [0.717, 1.165) is 30.9 Å². The van der Waals surface area contributed by atoms with Gasteiger partial charge in [0.05, 0.1) is 0 Å². The van der Waals surface area contributed by atoms with Crippen molar-refractivity contribution in [3.05, 3.63) is 0 Å². The number of aliphatic hydroxyl groups is 1. The summed E-state index contributed by atoms with van der Waals surface area (Å²) in [6.45, 7) is 5.25. The van der Waals surface area contributed by atoms with Gasteiger partial charge in [0.1, 0.15) is 0 Å². The number of hydrogen-bond acceptors (Lipinski definition) is 3. The summed E-state index contributed by atoms with van der Waals surface area (Å²) in [5.74, 6) is 2.66. The second-order valence-corrected chi connectivity index (χ2v) is 5.20.